The summed E-state index contributed by atoms with van der Waals surface area (Å²) in [5.74, 6) is -1.89. The van der Waals surface area contributed by atoms with Crippen LogP contribution in [0.15, 0.2) is 65.7 Å². The number of benzene rings is 3. The Balaban J connectivity index is 1.87. The number of fused-ring (bicyclic) bond motifs is 1. The molecule has 3 N–H and O–H groups in total. The van der Waals surface area contributed by atoms with Crippen molar-refractivity contribution >= 4 is 32.2 Å². The number of ether oxygens (including phenoxy) is 3. The van der Waals surface area contributed by atoms with E-state index in [0.717, 1.165) is 30.5 Å². The predicted molar refractivity (Wildman–Crippen MR) is 141 cm³/mol. The molecule has 14 heteroatoms. The zero-order valence-corrected chi connectivity index (χ0v) is 22.4. The molecule has 0 aliphatic heterocycles. The summed E-state index contributed by atoms with van der Waals surface area (Å²) < 4.78 is 92.0. The molecule has 0 bridgehead atoms. The minimum Gasteiger partial charge on any atom is -0.497 e. The predicted octanol–water partition coefficient (Wildman–Crippen LogP) is 5.02. The number of carbonyl (C=O) groups excluding carboxylic acids is 1. The van der Waals surface area contributed by atoms with Crippen LogP contribution in [0.2, 0.25) is 0 Å². The van der Waals surface area contributed by atoms with Crippen molar-refractivity contribution in [2.75, 3.05) is 31.9 Å². The highest BCUT2D eigenvalue weighted by atomic mass is 32.2. The second-order valence-electron chi connectivity index (χ2n) is 8.82. The number of H-pyrrole nitrogens is 1. The standard InChI is InChI=1S/C27H24F4N2O7S/c1-38-18-10-16(11-19(12-18)41(2,36)37)33-25(20-5-3-15(28)9-24(20)39-8-7-34)26(35)22-14-32-23-6-4-17(13-21(22)23)40-27(29,30)31/h3-6,9-14,25,32-34H,7-8H2,1-2H3. The van der Waals surface area contributed by atoms with Gasteiger partial charge in [0.05, 0.1) is 18.6 Å². The number of Topliss-reactive ketones (excluding diaryl/α,β-unsaturated/α-hetero) is 1. The van der Waals surface area contributed by atoms with Crippen molar-refractivity contribution in [3.8, 4) is 17.2 Å². The van der Waals surface area contributed by atoms with Crippen LogP contribution in [0.25, 0.3) is 10.9 Å². The molecule has 1 unspecified atom stereocenters. The average molecular weight is 597 g/mol. The zero-order chi connectivity index (χ0) is 29.9. The maximum Gasteiger partial charge on any atom is 0.573 e. The van der Waals surface area contributed by atoms with E-state index in [1.165, 1.54) is 43.6 Å². The highest BCUT2D eigenvalue weighted by molar-refractivity contribution is 7.90. The number of nitrogens with one attached hydrogen (secondary N) is 2. The van der Waals surface area contributed by atoms with Gasteiger partial charge in [-0.3, -0.25) is 4.79 Å². The van der Waals surface area contributed by atoms with Crippen molar-refractivity contribution < 1.29 is 50.1 Å². The smallest absolute Gasteiger partial charge is 0.497 e. The Hall–Kier alpha value is -4.30. The van der Waals surface area contributed by atoms with E-state index in [0.29, 0.717) is 5.52 Å². The van der Waals surface area contributed by atoms with Crippen molar-refractivity contribution in [2.24, 2.45) is 0 Å². The first-order chi connectivity index (χ1) is 19.3. The molecule has 0 saturated heterocycles. The normalized spacial score (nSPS) is 12.7. The van der Waals surface area contributed by atoms with E-state index in [2.05, 4.69) is 15.0 Å². The van der Waals surface area contributed by atoms with Gasteiger partial charge in [-0.15, -0.1) is 13.2 Å². The highest BCUT2D eigenvalue weighted by Crippen LogP contribution is 2.36. The quantitative estimate of drug-likeness (QED) is 0.163. The van der Waals surface area contributed by atoms with Crippen LogP contribution in [-0.4, -0.2) is 57.2 Å². The van der Waals surface area contributed by atoms with E-state index < -0.39 is 46.2 Å². The first-order valence-corrected chi connectivity index (χ1v) is 13.8. The largest absolute Gasteiger partial charge is 0.573 e. The van der Waals surface area contributed by atoms with E-state index in [1.807, 2.05) is 0 Å². The van der Waals surface area contributed by atoms with Crippen molar-refractivity contribution in [1.82, 2.24) is 4.98 Å². The molecule has 3 aromatic carbocycles. The number of hydrogen-bond acceptors (Lipinski definition) is 8. The lowest BCUT2D eigenvalue weighted by atomic mass is 9.95. The topological polar surface area (TPSA) is 127 Å². The Morgan fingerprint density at radius 3 is 2.49 bits per heavy atom. The molecule has 0 aliphatic rings. The number of aliphatic hydroxyl groups excluding tert-OH is 1. The molecule has 0 aliphatic carbocycles. The maximum absolute atomic E-state index is 14.2. The number of methoxy groups -OCH3 is 1. The molecule has 9 nitrogen and oxygen atoms in total. The molecule has 0 radical (unpaired) electrons. The molecule has 41 heavy (non-hydrogen) atoms. The van der Waals surface area contributed by atoms with E-state index in [1.54, 1.807) is 0 Å². The van der Waals surface area contributed by atoms with Gasteiger partial charge in [0, 0.05) is 52.3 Å². The number of rotatable bonds is 11. The van der Waals surface area contributed by atoms with Gasteiger partial charge in [0.25, 0.3) is 0 Å². The van der Waals surface area contributed by atoms with Gasteiger partial charge in [0.15, 0.2) is 15.6 Å². The summed E-state index contributed by atoms with van der Waals surface area (Å²) in [5, 5.41) is 12.3. The number of aliphatic hydroxyl groups is 1. The van der Waals surface area contributed by atoms with Crippen LogP contribution in [0.3, 0.4) is 0 Å². The molecular formula is C27H24F4N2O7S. The Labute approximate surface area is 231 Å². The summed E-state index contributed by atoms with van der Waals surface area (Å²) >= 11 is 0. The summed E-state index contributed by atoms with van der Waals surface area (Å²) in [6.07, 6.45) is -2.68. The van der Waals surface area contributed by atoms with Crippen LogP contribution in [-0.2, 0) is 9.84 Å². The van der Waals surface area contributed by atoms with Crippen LogP contribution in [0, 0.1) is 5.82 Å². The number of hydrogen-bond donors (Lipinski definition) is 3. The Morgan fingerprint density at radius 2 is 1.83 bits per heavy atom. The molecule has 1 atom stereocenters. The molecular weight excluding hydrogens is 572 g/mol. The van der Waals surface area contributed by atoms with Gasteiger partial charge in [-0.1, -0.05) is 0 Å². The molecule has 1 heterocycles. The maximum atomic E-state index is 14.2. The number of sulfone groups is 1. The highest BCUT2D eigenvalue weighted by Gasteiger charge is 2.32. The molecule has 218 valence electrons. The van der Waals surface area contributed by atoms with Crippen LogP contribution < -0.4 is 19.5 Å². The number of aromatic amines is 1. The van der Waals surface area contributed by atoms with Crippen molar-refractivity contribution in [2.45, 2.75) is 17.3 Å². The third-order valence-corrected chi connectivity index (χ3v) is 7.00. The molecule has 1 aromatic heterocycles. The SMILES string of the molecule is COc1cc(NC(C(=O)c2c[nH]c3ccc(OC(F)(F)F)cc23)c2ccc(F)cc2OCCO)cc(S(C)(=O)=O)c1. The fraction of sp³-hybridized carbons (Fsp3) is 0.222. The number of halogens is 4. The van der Waals surface area contributed by atoms with Crippen LogP contribution >= 0.6 is 0 Å². The number of ketones is 1. The molecule has 0 spiro atoms. The Kier molecular flexibility index (Phi) is 8.44. The third kappa shape index (κ3) is 7.08. The van der Waals surface area contributed by atoms with Crippen molar-refractivity contribution in [3.63, 3.8) is 0 Å². The number of aromatic nitrogens is 1. The van der Waals surface area contributed by atoms with Gasteiger partial charge in [-0.2, -0.15) is 0 Å². The monoisotopic (exact) mass is 596 g/mol. The van der Waals surface area contributed by atoms with Crippen molar-refractivity contribution in [1.29, 1.82) is 0 Å². The minimum absolute atomic E-state index is 0.0474. The van der Waals surface area contributed by atoms with E-state index in [9.17, 15) is 35.9 Å². The van der Waals surface area contributed by atoms with Crippen LogP contribution in [0.4, 0.5) is 23.2 Å². The molecule has 4 rings (SSSR count). The number of carbonyl (C=O) groups is 1. The second kappa shape index (κ2) is 11.7. The Morgan fingerprint density at radius 1 is 1.07 bits per heavy atom. The van der Waals surface area contributed by atoms with E-state index in [4.69, 9.17) is 9.47 Å². The zero-order valence-electron chi connectivity index (χ0n) is 21.6. The van der Waals surface area contributed by atoms with Gasteiger partial charge in [0.2, 0.25) is 0 Å². The summed E-state index contributed by atoms with van der Waals surface area (Å²) in [7, 11) is -2.39. The van der Waals surface area contributed by atoms with Gasteiger partial charge in [-0.25, -0.2) is 12.8 Å². The van der Waals surface area contributed by atoms with Gasteiger partial charge in [-0.05, 0) is 42.5 Å². The van der Waals surface area contributed by atoms with E-state index in [-0.39, 0.29) is 45.2 Å². The van der Waals surface area contributed by atoms with Gasteiger partial charge >= 0.3 is 6.36 Å². The number of anilines is 1. The van der Waals surface area contributed by atoms with Gasteiger partial charge < -0.3 is 29.6 Å². The average Bonchev–Trinajstić information content (AvgIpc) is 3.32. The first-order valence-electron chi connectivity index (χ1n) is 11.9. The summed E-state index contributed by atoms with van der Waals surface area (Å²) in [6.45, 7) is -0.653. The lowest BCUT2D eigenvalue weighted by Crippen LogP contribution is -2.23. The lowest BCUT2D eigenvalue weighted by Gasteiger charge is -2.23. The van der Waals surface area contributed by atoms with E-state index >= 15 is 0 Å². The first kappa shape index (κ1) is 29.7. The Bertz CT molecular complexity index is 1690. The van der Waals surface area contributed by atoms with Crippen LogP contribution in [0.1, 0.15) is 22.0 Å². The van der Waals surface area contributed by atoms with Crippen molar-refractivity contribution in [3.05, 3.63) is 77.7 Å². The number of alkyl halides is 3. The summed E-state index contributed by atoms with van der Waals surface area (Å²) in [4.78, 5) is 16.8. The third-order valence-electron chi connectivity index (χ3n) is 5.90. The molecule has 0 amide bonds. The fourth-order valence-corrected chi connectivity index (χ4v) is 4.79. The van der Waals surface area contributed by atoms with Crippen LogP contribution in [0.5, 0.6) is 17.2 Å². The summed E-state index contributed by atoms with van der Waals surface area (Å²) in [6, 6.07) is 9.38. The molecule has 0 fully saturated rings. The summed E-state index contributed by atoms with van der Waals surface area (Å²) in [5.41, 5.74) is 0.513. The minimum atomic E-state index is -4.96. The second-order valence-corrected chi connectivity index (χ2v) is 10.8. The lowest BCUT2D eigenvalue weighted by molar-refractivity contribution is -0.274. The molecule has 0 saturated carbocycles. The fourth-order valence-electron chi connectivity index (χ4n) is 4.12. The molecule has 4 aromatic rings. The van der Waals surface area contributed by atoms with Gasteiger partial charge in [0.1, 0.15) is 35.7 Å².